The Balaban J connectivity index is 1.63. The quantitative estimate of drug-likeness (QED) is 0.574. The molecule has 0 bridgehead atoms. The van der Waals surface area contributed by atoms with E-state index in [4.69, 9.17) is 4.74 Å². The van der Waals surface area contributed by atoms with Crippen LogP contribution in [0.4, 0.5) is 4.79 Å². The molecule has 26 heavy (non-hydrogen) atoms. The minimum absolute atomic E-state index is 0.153. The first-order valence-electron chi connectivity index (χ1n) is 8.33. The molecular formula is C19H21BrN4O2. The van der Waals surface area contributed by atoms with Crippen LogP contribution in [0.15, 0.2) is 46.9 Å². The first kappa shape index (κ1) is 18.3. The van der Waals surface area contributed by atoms with Crippen molar-refractivity contribution in [2.45, 2.75) is 25.9 Å². The van der Waals surface area contributed by atoms with E-state index in [1.54, 1.807) is 7.11 Å². The van der Waals surface area contributed by atoms with Crippen LogP contribution >= 0.6 is 15.9 Å². The number of carbonyl (C=O) groups is 1. The van der Waals surface area contributed by atoms with E-state index in [-0.39, 0.29) is 18.1 Å². The van der Waals surface area contributed by atoms with Crippen molar-refractivity contribution in [1.29, 1.82) is 0 Å². The van der Waals surface area contributed by atoms with Crippen LogP contribution in [0.2, 0.25) is 0 Å². The number of methoxy groups -OCH3 is 1. The van der Waals surface area contributed by atoms with Crippen LogP contribution in [0.3, 0.4) is 0 Å². The van der Waals surface area contributed by atoms with Gasteiger partial charge in [-0.1, -0.05) is 18.2 Å². The molecule has 0 saturated carbocycles. The number of aromatic nitrogens is 2. The van der Waals surface area contributed by atoms with Crippen molar-refractivity contribution in [2.75, 3.05) is 7.11 Å². The third-order valence-corrected chi connectivity index (χ3v) is 4.81. The monoisotopic (exact) mass is 416 g/mol. The van der Waals surface area contributed by atoms with Crippen LogP contribution in [0, 0.1) is 0 Å². The van der Waals surface area contributed by atoms with E-state index < -0.39 is 0 Å². The molecule has 2 aromatic carbocycles. The summed E-state index contributed by atoms with van der Waals surface area (Å²) in [5.74, 6) is 1.48. The zero-order valence-corrected chi connectivity index (χ0v) is 16.4. The number of rotatable bonds is 5. The largest absolute Gasteiger partial charge is 0.496 e. The lowest BCUT2D eigenvalue weighted by Gasteiger charge is -2.18. The summed E-state index contributed by atoms with van der Waals surface area (Å²) in [6.07, 6.45) is 0. The molecule has 6 nitrogen and oxygen atoms in total. The topological polar surface area (TPSA) is 79.0 Å². The molecule has 7 heteroatoms. The fraction of sp³-hybridized carbons (Fsp3) is 0.263. The maximum Gasteiger partial charge on any atom is 0.315 e. The smallest absolute Gasteiger partial charge is 0.315 e. The summed E-state index contributed by atoms with van der Waals surface area (Å²) in [6, 6.07) is 12.9. The van der Waals surface area contributed by atoms with Crippen molar-refractivity contribution in [1.82, 2.24) is 20.6 Å². The fourth-order valence-corrected chi connectivity index (χ4v) is 3.27. The average Bonchev–Trinajstić information content (AvgIpc) is 3.05. The molecule has 3 aromatic rings. The predicted octanol–water partition coefficient (Wildman–Crippen LogP) is 4.46. The maximum atomic E-state index is 12.3. The second-order valence-electron chi connectivity index (χ2n) is 6.09. The number of H-pyrrole nitrogens is 1. The lowest BCUT2D eigenvalue weighted by Crippen LogP contribution is -2.38. The lowest BCUT2D eigenvalue weighted by molar-refractivity contribution is 0.234. The van der Waals surface area contributed by atoms with Gasteiger partial charge in [0.25, 0.3) is 0 Å². The van der Waals surface area contributed by atoms with Gasteiger partial charge in [-0.15, -0.1) is 0 Å². The van der Waals surface area contributed by atoms with Crippen LogP contribution in [0.1, 0.15) is 37.3 Å². The van der Waals surface area contributed by atoms with E-state index >= 15 is 0 Å². The average molecular weight is 417 g/mol. The fourth-order valence-electron chi connectivity index (χ4n) is 2.72. The number of benzene rings is 2. The van der Waals surface area contributed by atoms with Crippen molar-refractivity contribution in [3.05, 3.63) is 58.3 Å². The van der Waals surface area contributed by atoms with E-state index in [1.165, 1.54) is 0 Å². The number of aromatic amines is 1. The summed E-state index contributed by atoms with van der Waals surface area (Å²) in [6.45, 7) is 3.83. The normalized spacial score (nSPS) is 13.2. The Morgan fingerprint density at radius 3 is 2.58 bits per heavy atom. The Bertz CT molecular complexity index is 892. The van der Waals surface area contributed by atoms with Crippen molar-refractivity contribution < 1.29 is 9.53 Å². The minimum Gasteiger partial charge on any atom is -0.496 e. The summed E-state index contributed by atoms with van der Waals surface area (Å²) in [4.78, 5) is 20.1. The van der Waals surface area contributed by atoms with Gasteiger partial charge in [0.15, 0.2) is 0 Å². The zero-order chi connectivity index (χ0) is 18.7. The standard InChI is InChI=1S/C19H21BrN4O2/c1-11(13-8-9-17(26-3)14(20)10-13)21-19(25)22-12(2)18-23-15-6-4-5-7-16(15)24-18/h4-12H,1-3H3,(H,23,24)(H2,21,22,25)/t11-,12-/m0/s1. The van der Waals surface area contributed by atoms with Crippen molar-refractivity contribution in [3.8, 4) is 5.75 Å². The molecule has 1 aromatic heterocycles. The van der Waals surface area contributed by atoms with Gasteiger partial charge in [0.2, 0.25) is 0 Å². The lowest BCUT2D eigenvalue weighted by atomic mass is 10.1. The van der Waals surface area contributed by atoms with Gasteiger partial charge >= 0.3 is 6.03 Å². The van der Waals surface area contributed by atoms with E-state index in [9.17, 15) is 4.79 Å². The Labute approximate surface area is 160 Å². The molecule has 2 amide bonds. The number of nitrogens with one attached hydrogen (secondary N) is 3. The number of amides is 2. The summed E-state index contributed by atoms with van der Waals surface area (Å²) in [5.41, 5.74) is 2.81. The molecule has 0 aliphatic heterocycles. The van der Waals surface area contributed by atoms with E-state index in [0.717, 1.165) is 32.6 Å². The molecule has 0 unspecified atom stereocenters. The summed E-state index contributed by atoms with van der Waals surface area (Å²) in [7, 11) is 1.62. The summed E-state index contributed by atoms with van der Waals surface area (Å²) in [5, 5.41) is 5.86. The van der Waals surface area contributed by atoms with Crippen molar-refractivity contribution in [2.24, 2.45) is 0 Å². The number of urea groups is 1. The van der Waals surface area contributed by atoms with Crippen molar-refractivity contribution in [3.63, 3.8) is 0 Å². The van der Waals surface area contributed by atoms with Gasteiger partial charge in [-0.3, -0.25) is 0 Å². The van der Waals surface area contributed by atoms with E-state index in [1.807, 2.05) is 56.3 Å². The Hall–Kier alpha value is -2.54. The Morgan fingerprint density at radius 2 is 1.88 bits per heavy atom. The number of hydrogen-bond acceptors (Lipinski definition) is 3. The van der Waals surface area contributed by atoms with Gasteiger partial charge < -0.3 is 20.4 Å². The molecule has 3 rings (SSSR count). The molecule has 0 spiro atoms. The second kappa shape index (κ2) is 7.78. The third-order valence-electron chi connectivity index (χ3n) is 4.19. The molecule has 0 radical (unpaired) electrons. The number of ether oxygens (including phenoxy) is 1. The van der Waals surface area contributed by atoms with Gasteiger partial charge in [0.05, 0.1) is 34.7 Å². The zero-order valence-electron chi connectivity index (χ0n) is 14.8. The van der Waals surface area contributed by atoms with Crippen molar-refractivity contribution >= 4 is 33.0 Å². The van der Waals surface area contributed by atoms with Crippen LogP contribution in [0.5, 0.6) is 5.75 Å². The molecule has 0 saturated heterocycles. The van der Waals surface area contributed by atoms with Crippen LogP contribution in [-0.2, 0) is 0 Å². The minimum atomic E-state index is -0.252. The highest BCUT2D eigenvalue weighted by atomic mass is 79.9. The molecule has 1 heterocycles. The second-order valence-corrected chi connectivity index (χ2v) is 6.95. The molecule has 0 aliphatic rings. The predicted molar refractivity (Wildman–Crippen MR) is 105 cm³/mol. The molecule has 3 N–H and O–H groups in total. The number of halogens is 1. The highest BCUT2D eigenvalue weighted by molar-refractivity contribution is 9.10. The first-order valence-corrected chi connectivity index (χ1v) is 9.12. The molecule has 0 fully saturated rings. The van der Waals surface area contributed by atoms with E-state index in [0.29, 0.717) is 0 Å². The third kappa shape index (κ3) is 3.99. The molecule has 136 valence electrons. The Morgan fingerprint density at radius 1 is 1.15 bits per heavy atom. The van der Waals surface area contributed by atoms with Gasteiger partial charge in [-0.25, -0.2) is 9.78 Å². The van der Waals surface area contributed by atoms with Crippen LogP contribution < -0.4 is 15.4 Å². The van der Waals surface area contributed by atoms with Gasteiger partial charge in [0.1, 0.15) is 11.6 Å². The maximum absolute atomic E-state index is 12.3. The first-order chi connectivity index (χ1) is 12.5. The molecule has 0 aliphatic carbocycles. The number of nitrogens with zero attached hydrogens (tertiary/aromatic N) is 1. The number of para-hydroxylation sites is 2. The SMILES string of the molecule is COc1ccc([C@H](C)NC(=O)N[C@@H](C)c2nc3ccccc3[nH]2)cc1Br. The molecule has 2 atom stereocenters. The van der Waals surface area contributed by atoms with Gasteiger partial charge in [-0.2, -0.15) is 0 Å². The number of fused-ring (bicyclic) bond motifs is 1. The van der Waals surface area contributed by atoms with Crippen LogP contribution in [-0.4, -0.2) is 23.1 Å². The number of hydrogen-bond donors (Lipinski definition) is 3. The highest BCUT2D eigenvalue weighted by Gasteiger charge is 2.16. The van der Waals surface area contributed by atoms with Crippen LogP contribution in [0.25, 0.3) is 11.0 Å². The number of carbonyl (C=O) groups excluding carboxylic acids is 1. The molecular weight excluding hydrogens is 396 g/mol. The Kier molecular flexibility index (Phi) is 5.46. The van der Waals surface area contributed by atoms with Gasteiger partial charge in [-0.05, 0) is 59.6 Å². The van der Waals surface area contributed by atoms with E-state index in [2.05, 4.69) is 36.5 Å². The van der Waals surface area contributed by atoms with Gasteiger partial charge in [0, 0.05) is 0 Å². The summed E-state index contributed by atoms with van der Waals surface area (Å²) >= 11 is 3.46. The highest BCUT2D eigenvalue weighted by Crippen LogP contribution is 2.28. The number of imidazole rings is 1. The summed E-state index contributed by atoms with van der Waals surface area (Å²) < 4.78 is 6.08.